The topological polar surface area (TPSA) is 127 Å². The average molecular weight is 428 g/mol. The fourth-order valence-electron chi connectivity index (χ4n) is 2.96. The zero-order valence-corrected chi connectivity index (χ0v) is 19.6. The standard InChI is InChI=1S/C19H25N7O.2C2H6/c1-12-10-15-11-26(19(27)25-17(15)24-12)16-6-4-14(5-7-16)13(2)22-8-3-9-23-18(20)21;2*1-2/h4-7,10-11,13,22H,3,8-9H2,1-2H3,(H4,20,21,23)(H,24,25,27);2*1-2H3/t13-;;/m0../s1. The van der Waals surface area contributed by atoms with E-state index < -0.39 is 0 Å². The molecule has 2 heterocycles. The Morgan fingerprint density at radius 2 is 1.84 bits per heavy atom. The molecule has 0 unspecified atom stereocenters. The van der Waals surface area contributed by atoms with Crippen molar-refractivity contribution in [2.24, 2.45) is 16.5 Å². The SMILES string of the molecule is CC.CC.Cc1cc2cn(-c3ccc([C@H](C)NCCCN=C(N)N)cc3)c(=O)nc2[nH]1. The van der Waals surface area contributed by atoms with Gasteiger partial charge in [-0.15, -0.1) is 0 Å². The molecule has 2 aromatic heterocycles. The zero-order valence-electron chi connectivity index (χ0n) is 19.6. The summed E-state index contributed by atoms with van der Waals surface area (Å²) in [6.45, 7) is 13.5. The Balaban J connectivity index is 0.00000113. The predicted molar refractivity (Wildman–Crippen MR) is 131 cm³/mol. The number of nitrogens with one attached hydrogen (secondary N) is 2. The first-order valence-electron chi connectivity index (χ1n) is 10.9. The van der Waals surface area contributed by atoms with E-state index in [1.807, 2.05) is 71.1 Å². The number of aliphatic imine (C=N–C) groups is 1. The molecule has 0 spiro atoms. The van der Waals surface area contributed by atoms with E-state index >= 15 is 0 Å². The van der Waals surface area contributed by atoms with E-state index in [2.05, 4.69) is 27.2 Å². The molecule has 8 heteroatoms. The Bertz CT molecular complexity index is 999. The Labute approximate surface area is 184 Å². The van der Waals surface area contributed by atoms with Crippen LogP contribution in [-0.2, 0) is 0 Å². The van der Waals surface area contributed by atoms with Crippen LogP contribution < -0.4 is 22.5 Å². The van der Waals surface area contributed by atoms with Crippen LogP contribution in [0.1, 0.15) is 58.3 Å². The van der Waals surface area contributed by atoms with E-state index in [1.165, 1.54) is 0 Å². The number of benzene rings is 1. The van der Waals surface area contributed by atoms with Crippen LogP contribution in [-0.4, -0.2) is 33.6 Å². The van der Waals surface area contributed by atoms with Crippen LogP contribution in [0.25, 0.3) is 16.7 Å². The Kier molecular flexibility index (Phi) is 11.1. The highest BCUT2D eigenvalue weighted by molar-refractivity contribution is 5.76. The van der Waals surface area contributed by atoms with Crippen molar-refractivity contribution in [3.8, 4) is 5.69 Å². The van der Waals surface area contributed by atoms with Gasteiger partial charge >= 0.3 is 5.69 Å². The molecular formula is C23H37N7O. The maximum atomic E-state index is 12.3. The summed E-state index contributed by atoms with van der Waals surface area (Å²) in [5.74, 6) is 0.122. The molecule has 1 atom stereocenters. The molecule has 0 saturated carbocycles. The molecule has 3 aromatic rings. The van der Waals surface area contributed by atoms with Crippen molar-refractivity contribution in [2.75, 3.05) is 13.1 Å². The number of aryl methyl sites for hydroxylation is 1. The van der Waals surface area contributed by atoms with Gasteiger partial charge < -0.3 is 21.8 Å². The third-order valence-corrected chi connectivity index (χ3v) is 4.39. The van der Waals surface area contributed by atoms with Gasteiger partial charge in [0.25, 0.3) is 0 Å². The van der Waals surface area contributed by atoms with Crippen LogP contribution in [0, 0.1) is 6.92 Å². The number of nitrogens with two attached hydrogens (primary N) is 2. The molecule has 0 saturated heterocycles. The molecule has 1 aromatic carbocycles. The first-order valence-corrected chi connectivity index (χ1v) is 10.9. The Morgan fingerprint density at radius 3 is 2.45 bits per heavy atom. The number of rotatable bonds is 7. The molecule has 3 rings (SSSR count). The fourth-order valence-corrected chi connectivity index (χ4v) is 2.96. The highest BCUT2D eigenvalue weighted by atomic mass is 16.1. The molecular weight excluding hydrogens is 390 g/mol. The largest absolute Gasteiger partial charge is 0.370 e. The van der Waals surface area contributed by atoms with Crippen molar-refractivity contribution in [2.45, 2.75) is 54.0 Å². The minimum atomic E-state index is -0.303. The zero-order chi connectivity index (χ0) is 23.4. The third-order valence-electron chi connectivity index (χ3n) is 4.39. The van der Waals surface area contributed by atoms with Crippen molar-refractivity contribution in [3.63, 3.8) is 0 Å². The molecule has 170 valence electrons. The van der Waals surface area contributed by atoms with Gasteiger partial charge in [-0.05, 0) is 50.6 Å². The lowest BCUT2D eigenvalue weighted by molar-refractivity contribution is 0.562. The summed E-state index contributed by atoms with van der Waals surface area (Å²) in [6, 6.07) is 10.1. The Hall–Kier alpha value is -3.13. The monoisotopic (exact) mass is 427 g/mol. The number of hydrogen-bond donors (Lipinski definition) is 4. The van der Waals surface area contributed by atoms with Crippen molar-refractivity contribution < 1.29 is 0 Å². The van der Waals surface area contributed by atoms with Gasteiger partial charge in [0, 0.05) is 29.9 Å². The van der Waals surface area contributed by atoms with Gasteiger partial charge in [0.2, 0.25) is 0 Å². The number of guanidine groups is 1. The minimum absolute atomic E-state index is 0.122. The van der Waals surface area contributed by atoms with Crippen molar-refractivity contribution in [1.29, 1.82) is 0 Å². The maximum Gasteiger partial charge on any atom is 0.354 e. The molecule has 31 heavy (non-hydrogen) atoms. The summed E-state index contributed by atoms with van der Waals surface area (Å²) < 4.78 is 1.56. The molecule has 0 bridgehead atoms. The number of aromatic nitrogens is 3. The van der Waals surface area contributed by atoms with Crippen LogP contribution in [0.3, 0.4) is 0 Å². The molecule has 0 aliphatic heterocycles. The van der Waals surface area contributed by atoms with Gasteiger partial charge in [-0.2, -0.15) is 4.98 Å². The lowest BCUT2D eigenvalue weighted by atomic mass is 10.1. The van der Waals surface area contributed by atoms with Crippen LogP contribution in [0.2, 0.25) is 0 Å². The number of aromatic amines is 1. The maximum absolute atomic E-state index is 12.3. The van der Waals surface area contributed by atoms with E-state index in [-0.39, 0.29) is 17.7 Å². The smallest absolute Gasteiger partial charge is 0.354 e. The van der Waals surface area contributed by atoms with Gasteiger partial charge in [-0.3, -0.25) is 9.56 Å². The van der Waals surface area contributed by atoms with Crippen molar-refractivity contribution >= 4 is 17.0 Å². The molecule has 6 N–H and O–H groups in total. The van der Waals surface area contributed by atoms with E-state index in [9.17, 15) is 4.79 Å². The molecule has 0 amide bonds. The first-order chi connectivity index (χ1) is 14.9. The summed E-state index contributed by atoms with van der Waals surface area (Å²) in [4.78, 5) is 23.5. The summed E-state index contributed by atoms with van der Waals surface area (Å²) >= 11 is 0. The first kappa shape index (κ1) is 25.9. The van der Waals surface area contributed by atoms with E-state index in [0.717, 1.165) is 35.3 Å². The van der Waals surface area contributed by atoms with Gasteiger partial charge in [0.05, 0.1) is 5.69 Å². The third kappa shape index (κ3) is 7.57. The number of nitrogens with zero attached hydrogens (tertiary/aromatic N) is 3. The average Bonchev–Trinajstić information content (AvgIpc) is 3.14. The van der Waals surface area contributed by atoms with Gasteiger partial charge in [0.1, 0.15) is 5.65 Å². The lowest BCUT2D eigenvalue weighted by Crippen LogP contribution is -2.24. The van der Waals surface area contributed by atoms with Crippen LogP contribution >= 0.6 is 0 Å². The summed E-state index contributed by atoms with van der Waals surface area (Å²) in [7, 11) is 0. The quantitative estimate of drug-likeness (QED) is 0.261. The second-order valence-corrected chi connectivity index (χ2v) is 6.58. The van der Waals surface area contributed by atoms with E-state index in [4.69, 9.17) is 11.5 Å². The molecule has 0 radical (unpaired) electrons. The summed E-state index contributed by atoms with van der Waals surface area (Å²) in [5, 5.41) is 4.34. The van der Waals surface area contributed by atoms with Crippen LogP contribution in [0.4, 0.5) is 0 Å². The second-order valence-electron chi connectivity index (χ2n) is 6.58. The lowest BCUT2D eigenvalue weighted by Gasteiger charge is -2.15. The Morgan fingerprint density at radius 1 is 1.19 bits per heavy atom. The summed E-state index contributed by atoms with van der Waals surface area (Å²) in [6.07, 6.45) is 2.67. The number of H-pyrrole nitrogens is 1. The van der Waals surface area contributed by atoms with Crippen molar-refractivity contribution in [1.82, 2.24) is 19.9 Å². The second kappa shape index (κ2) is 13.2. The van der Waals surface area contributed by atoms with E-state index in [0.29, 0.717) is 12.2 Å². The van der Waals surface area contributed by atoms with E-state index in [1.54, 1.807) is 4.57 Å². The van der Waals surface area contributed by atoms with Gasteiger partial charge in [0.15, 0.2) is 5.96 Å². The molecule has 0 aliphatic carbocycles. The minimum Gasteiger partial charge on any atom is -0.370 e. The fraction of sp³-hybridized carbons (Fsp3) is 0.435. The molecule has 0 fully saturated rings. The van der Waals surface area contributed by atoms with Crippen molar-refractivity contribution in [3.05, 3.63) is 58.3 Å². The van der Waals surface area contributed by atoms with Crippen LogP contribution in [0.5, 0.6) is 0 Å². The van der Waals surface area contributed by atoms with Crippen LogP contribution in [0.15, 0.2) is 46.3 Å². The van der Waals surface area contributed by atoms with Gasteiger partial charge in [-0.25, -0.2) is 4.79 Å². The molecule has 8 nitrogen and oxygen atoms in total. The number of hydrogen-bond acceptors (Lipinski definition) is 4. The normalized spacial score (nSPS) is 11.0. The predicted octanol–water partition coefficient (Wildman–Crippen LogP) is 3.39. The van der Waals surface area contributed by atoms with Gasteiger partial charge in [-0.1, -0.05) is 39.8 Å². The highest BCUT2D eigenvalue weighted by Crippen LogP contribution is 2.17. The summed E-state index contributed by atoms with van der Waals surface area (Å²) in [5.41, 5.74) is 13.8. The highest BCUT2D eigenvalue weighted by Gasteiger charge is 2.08. The molecule has 0 aliphatic rings. The number of fused-ring (bicyclic) bond motifs is 1.